The van der Waals surface area contributed by atoms with E-state index in [2.05, 4.69) is 110 Å². The van der Waals surface area contributed by atoms with E-state index in [0.29, 0.717) is 6.42 Å². The van der Waals surface area contributed by atoms with Gasteiger partial charge in [0.15, 0.2) is 5.78 Å². The topological polar surface area (TPSA) is 17.1 Å². The van der Waals surface area contributed by atoms with Crippen molar-refractivity contribution in [3.63, 3.8) is 0 Å². The number of allylic oxidation sites excluding steroid dienone is 7. The van der Waals surface area contributed by atoms with Crippen LogP contribution in [0.1, 0.15) is 99.5 Å². The van der Waals surface area contributed by atoms with Crippen molar-refractivity contribution in [3.8, 4) is 11.1 Å². The molecule has 3 aromatic carbocycles. The molecule has 0 aliphatic heterocycles. The molecule has 46 heavy (non-hydrogen) atoms. The van der Waals surface area contributed by atoms with Crippen LogP contribution >= 0.6 is 0 Å². The van der Waals surface area contributed by atoms with E-state index in [1.54, 1.807) is 0 Å². The van der Waals surface area contributed by atoms with E-state index in [1.807, 2.05) is 12.1 Å². The van der Waals surface area contributed by atoms with E-state index in [0.717, 1.165) is 42.4 Å². The zero-order valence-corrected chi connectivity index (χ0v) is 29.3. The monoisotopic (exact) mass is 606 g/mol. The van der Waals surface area contributed by atoms with E-state index >= 15 is 0 Å². The Morgan fingerprint density at radius 3 is 2.09 bits per heavy atom. The van der Waals surface area contributed by atoms with Gasteiger partial charge in [-0.2, -0.15) is 0 Å². The molecule has 0 amide bonds. The number of carbonyl (C=O) groups is 1. The van der Waals surface area contributed by atoms with Crippen molar-refractivity contribution in [2.45, 2.75) is 87.5 Å². The predicted octanol–water partition coefficient (Wildman–Crippen LogP) is 11.8. The fraction of sp³-hybridized carbons (Fsp3) is 0.356. The molecule has 3 atom stereocenters. The molecule has 0 aromatic heterocycles. The van der Waals surface area contributed by atoms with Crippen LogP contribution in [0.5, 0.6) is 0 Å². The van der Waals surface area contributed by atoms with Crippen molar-refractivity contribution in [3.05, 3.63) is 147 Å². The van der Waals surface area contributed by atoms with Crippen LogP contribution in [0.4, 0.5) is 0 Å². The Balaban J connectivity index is 1.39. The summed E-state index contributed by atoms with van der Waals surface area (Å²) in [5.74, 6) is 0.158. The molecule has 0 radical (unpaired) electrons. The number of carbonyl (C=O) groups excluding carboxylic acids is 1. The molecule has 6 rings (SSSR count). The standard InChI is InChI=1S/C45H50O/c1-12-33-14-20-36(21-15-33)39(46)23-34-16-18-35(19-17-34)37-22-13-28(4)41-30(6)42-32(8)45(11)31(7)40(27(2)3)29(5)24-44(45,10)26-43(42,9)25-38(37)41/h13-22H,2,6-7,12,23-26H2,1,3-5,8-11H3/t43-,44+,45-/m1/s1. The highest BCUT2D eigenvalue weighted by Crippen LogP contribution is 2.70. The Morgan fingerprint density at radius 2 is 1.48 bits per heavy atom. The zero-order chi connectivity index (χ0) is 33.3. The van der Waals surface area contributed by atoms with Gasteiger partial charge in [0.25, 0.3) is 0 Å². The van der Waals surface area contributed by atoms with E-state index in [9.17, 15) is 4.79 Å². The fourth-order valence-electron chi connectivity index (χ4n) is 9.83. The van der Waals surface area contributed by atoms with Crippen LogP contribution in [0.25, 0.3) is 16.7 Å². The maximum absolute atomic E-state index is 13.0. The maximum atomic E-state index is 13.0. The molecule has 236 valence electrons. The van der Waals surface area contributed by atoms with Crippen LogP contribution in [-0.2, 0) is 19.3 Å². The number of rotatable bonds is 6. The first-order valence-electron chi connectivity index (χ1n) is 17.0. The van der Waals surface area contributed by atoms with Crippen molar-refractivity contribution in [1.82, 2.24) is 0 Å². The van der Waals surface area contributed by atoms with Gasteiger partial charge in [0.05, 0.1) is 0 Å². The summed E-state index contributed by atoms with van der Waals surface area (Å²) < 4.78 is 0. The lowest BCUT2D eigenvalue weighted by molar-refractivity contribution is 0.0544. The Morgan fingerprint density at radius 1 is 0.848 bits per heavy atom. The smallest absolute Gasteiger partial charge is 0.167 e. The van der Waals surface area contributed by atoms with Crippen molar-refractivity contribution in [2.75, 3.05) is 0 Å². The van der Waals surface area contributed by atoms with E-state index in [1.165, 1.54) is 66.8 Å². The molecule has 0 heterocycles. The summed E-state index contributed by atoms with van der Waals surface area (Å²) in [6, 6.07) is 21.2. The van der Waals surface area contributed by atoms with Gasteiger partial charge < -0.3 is 0 Å². The first-order valence-corrected chi connectivity index (χ1v) is 17.0. The Bertz CT molecular complexity index is 1890. The third kappa shape index (κ3) is 4.69. The average Bonchev–Trinajstić information content (AvgIpc) is 2.99. The highest BCUT2D eigenvalue weighted by Gasteiger charge is 2.59. The molecule has 0 saturated carbocycles. The second-order valence-electron chi connectivity index (χ2n) is 15.3. The fourth-order valence-corrected chi connectivity index (χ4v) is 9.83. The number of ketones is 1. The molecule has 3 aliphatic carbocycles. The number of fused-ring (bicyclic) bond motifs is 3. The van der Waals surface area contributed by atoms with E-state index in [-0.39, 0.29) is 22.0 Å². The van der Waals surface area contributed by atoms with Crippen LogP contribution in [0.3, 0.4) is 0 Å². The average molecular weight is 607 g/mol. The summed E-state index contributed by atoms with van der Waals surface area (Å²) >= 11 is 0. The van der Waals surface area contributed by atoms with Gasteiger partial charge in [-0.05, 0) is 125 Å². The first-order chi connectivity index (χ1) is 21.6. The van der Waals surface area contributed by atoms with Gasteiger partial charge in [-0.15, -0.1) is 0 Å². The highest BCUT2D eigenvalue weighted by atomic mass is 16.1. The molecular weight excluding hydrogens is 556 g/mol. The summed E-state index contributed by atoms with van der Waals surface area (Å²) in [5, 5.41) is 0. The van der Waals surface area contributed by atoms with Crippen LogP contribution in [-0.4, -0.2) is 5.78 Å². The number of hydrogen-bond donors (Lipinski definition) is 0. The largest absolute Gasteiger partial charge is 0.294 e. The van der Waals surface area contributed by atoms with Crippen LogP contribution in [0.15, 0.2) is 114 Å². The van der Waals surface area contributed by atoms with Gasteiger partial charge >= 0.3 is 0 Å². The second-order valence-corrected chi connectivity index (χ2v) is 15.3. The Kier molecular flexibility index (Phi) is 7.71. The third-order valence-corrected chi connectivity index (χ3v) is 12.1. The minimum atomic E-state index is -0.160. The molecule has 0 N–H and O–H groups in total. The molecule has 1 heteroatoms. The first kappa shape index (κ1) is 32.0. The minimum absolute atomic E-state index is 0.0358. The summed E-state index contributed by atoms with van der Waals surface area (Å²) in [5.41, 5.74) is 18.5. The summed E-state index contributed by atoms with van der Waals surface area (Å²) in [7, 11) is 0. The van der Waals surface area contributed by atoms with E-state index < -0.39 is 0 Å². The molecule has 0 fully saturated rings. The molecule has 3 aromatic rings. The third-order valence-electron chi connectivity index (χ3n) is 12.1. The Hall–Kier alpha value is -3.97. The quantitative estimate of drug-likeness (QED) is 0.255. The van der Waals surface area contributed by atoms with Gasteiger partial charge in [0, 0.05) is 17.4 Å². The molecule has 3 aliphatic rings. The number of aryl methyl sites for hydroxylation is 2. The summed E-state index contributed by atoms with van der Waals surface area (Å²) in [4.78, 5) is 13.0. The number of benzene rings is 3. The molecule has 1 nitrogen and oxygen atoms in total. The van der Waals surface area contributed by atoms with Crippen molar-refractivity contribution < 1.29 is 4.79 Å². The molecule has 0 unspecified atom stereocenters. The molecule has 0 saturated heterocycles. The van der Waals surface area contributed by atoms with Crippen LogP contribution < -0.4 is 0 Å². The summed E-state index contributed by atoms with van der Waals surface area (Å²) in [6.45, 7) is 32.5. The SMILES string of the molecule is C=C(C)C1=C(C)C[C@@]2(C)C[C@@]3(C)Cc4c(-c5ccc(CC(=O)c6ccc(CC)cc6)cc5)ccc(C)c4C(=C)C3=C(C)[C@@]2(C)C1=C. The van der Waals surface area contributed by atoms with Crippen molar-refractivity contribution >= 4 is 11.4 Å². The van der Waals surface area contributed by atoms with Gasteiger partial charge in [0.2, 0.25) is 0 Å². The van der Waals surface area contributed by atoms with Crippen LogP contribution in [0.2, 0.25) is 0 Å². The van der Waals surface area contributed by atoms with Crippen molar-refractivity contribution in [2.24, 2.45) is 16.2 Å². The zero-order valence-electron chi connectivity index (χ0n) is 29.3. The van der Waals surface area contributed by atoms with Crippen LogP contribution in [0, 0.1) is 23.2 Å². The minimum Gasteiger partial charge on any atom is -0.294 e. The lowest BCUT2D eigenvalue weighted by atomic mass is 9.41. The molecule has 0 spiro atoms. The van der Waals surface area contributed by atoms with Gasteiger partial charge in [-0.1, -0.05) is 125 Å². The molecule has 0 bridgehead atoms. The predicted molar refractivity (Wildman–Crippen MR) is 196 cm³/mol. The normalized spacial score (nSPS) is 25.7. The number of Topliss-reactive ketones (excluding diaryl/α,β-unsaturated/α-hetero) is 1. The number of hydrogen-bond acceptors (Lipinski definition) is 1. The van der Waals surface area contributed by atoms with E-state index in [4.69, 9.17) is 13.2 Å². The molecular formula is C45H50O. The van der Waals surface area contributed by atoms with Gasteiger partial charge in [-0.25, -0.2) is 0 Å². The Labute approximate surface area is 277 Å². The maximum Gasteiger partial charge on any atom is 0.167 e. The lowest BCUT2D eigenvalue weighted by Gasteiger charge is -2.62. The van der Waals surface area contributed by atoms with Gasteiger partial charge in [0.1, 0.15) is 0 Å². The summed E-state index contributed by atoms with van der Waals surface area (Å²) in [6.07, 6.45) is 4.49. The van der Waals surface area contributed by atoms with Crippen molar-refractivity contribution in [1.29, 1.82) is 0 Å². The lowest BCUT2D eigenvalue weighted by Crippen LogP contribution is -2.52. The van der Waals surface area contributed by atoms with Gasteiger partial charge in [-0.3, -0.25) is 4.79 Å². The second kappa shape index (κ2) is 11.1. The highest BCUT2D eigenvalue weighted by molar-refractivity contribution is 5.97.